The van der Waals surface area contributed by atoms with Gasteiger partial charge in [0.1, 0.15) is 11.3 Å². The minimum Gasteiger partial charge on any atom is -0.449 e. The molecule has 3 rings (SSSR count). The van der Waals surface area contributed by atoms with E-state index in [1.165, 1.54) is 0 Å². The first-order valence-corrected chi connectivity index (χ1v) is 6.12. The minimum atomic E-state index is -0.824. The van der Waals surface area contributed by atoms with E-state index in [9.17, 15) is 9.59 Å². The Balaban J connectivity index is 2.15. The second-order valence-electron chi connectivity index (χ2n) is 5.21. The van der Waals surface area contributed by atoms with Gasteiger partial charge < -0.3 is 9.64 Å². The Kier molecular flexibility index (Phi) is 2.23. The molecule has 6 nitrogen and oxygen atoms in total. The Morgan fingerprint density at radius 3 is 2.61 bits per heavy atom. The molecule has 1 saturated heterocycles. The van der Waals surface area contributed by atoms with Crippen LogP contribution in [0.4, 0.5) is 5.95 Å². The molecule has 0 bridgehead atoms. The van der Waals surface area contributed by atoms with Crippen LogP contribution in [0.1, 0.15) is 42.7 Å². The fraction of sp³-hybridized carbons (Fsp3) is 0.583. The van der Waals surface area contributed by atoms with Crippen LogP contribution in [0.2, 0.25) is 0 Å². The van der Waals surface area contributed by atoms with Gasteiger partial charge in [-0.1, -0.05) is 0 Å². The topological polar surface area (TPSA) is 75.3 Å². The first-order valence-electron chi connectivity index (χ1n) is 6.12. The second kappa shape index (κ2) is 3.57. The number of aromatic amines is 1. The predicted molar refractivity (Wildman–Crippen MR) is 64.7 cm³/mol. The Labute approximate surface area is 104 Å². The summed E-state index contributed by atoms with van der Waals surface area (Å²) in [4.78, 5) is 32.7. The summed E-state index contributed by atoms with van der Waals surface area (Å²) in [5, 5.41) is 0. The van der Waals surface area contributed by atoms with Crippen molar-refractivity contribution in [1.82, 2.24) is 9.97 Å². The van der Waals surface area contributed by atoms with Crippen molar-refractivity contribution < 1.29 is 9.53 Å². The standard InChI is InChI=1S/C12H15N3O3/c1-12(2)8-7(10(17)18-12)9(16)14-11(13-8)15-5-3-4-6-15/h3-6H2,1-2H3,(H,13,14,16). The van der Waals surface area contributed by atoms with E-state index in [0.29, 0.717) is 11.6 Å². The SMILES string of the molecule is CC1(C)OC(=O)c2c1nc(N1CCCC1)[nH]c2=O. The van der Waals surface area contributed by atoms with Crippen molar-refractivity contribution in [2.45, 2.75) is 32.3 Å². The van der Waals surface area contributed by atoms with Gasteiger partial charge in [0.2, 0.25) is 5.95 Å². The van der Waals surface area contributed by atoms with Gasteiger partial charge in [0.25, 0.3) is 5.56 Å². The van der Waals surface area contributed by atoms with Crippen molar-refractivity contribution in [3.8, 4) is 0 Å². The molecular formula is C12H15N3O3. The summed E-state index contributed by atoms with van der Waals surface area (Å²) in [5.41, 5.74) is -0.742. The number of hydrogen-bond acceptors (Lipinski definition) is 5. The van der Waals surface area contributed by atoms with E-state index in [-0.39, 0.29) is 5.56 Å². The number of hydrogen-bond donors (Lipinski definition) is 1. The van der Waals surface area contributed by atoms with E-state index in [4.69, 9.17) is 4.74 Å². The maximum Gasteiger partial charge on any atom is 0.346 e. The quantitative estimate of drug-likeness (QED) is 0.744. The number of rotatable bonds is 1. The fourth-order valence-corrected chi connectivity index (χ4v) is 2.50. The molecule has 1 fully saturated rings. The lowest BCUT2D eigenvalue weighted by Gasteiger charge is -2.19. The monoisotopic (exact) mass is 249 g/mol. The molecule has 0 spiro atoms. The van der Waals surface area contributed by atoms with Crippen molar-refractivity contribution >= 4 is 11.9 Å². The lowest BCUT2D eigenvalue weighted by molar-refractivity contribution is 0.00830. The van der Waals surface area contributed by atoms with Crippen LogP contribution >= 0.6 is 0 Å². The van der Waals surface area contributed by atoms with E-state index in [1.807, 2.05) is 4.90 Å². The maximum atomic E-state index is 12.0. The zero-order valence-corrected chi connectivity index (χ0v) is 10.4. The van der Waals surface area contributed by atoms with Crippen molar-refractivity contribution in [2.75, 3.05) is 18.0 Å². The Hall–Kier alpha value is -1.85. The number of carbonyl (C=O) groups is 1. The van der Waals surface area contributed by atoms with Crippen LogP contribution in [-0.4, -0.2) is 29.0 Å². The summed E-state index contributed by atoms with van der Waals surface area (Å²) < 4.78 is 5.18. The van der Waals surface area contributed by atoms with Crippen molar-refractivity contribution in [1.29, 1.82) is 0 Å². The number of aromatic nitrogens is 2. The van der Waals surface area contributed by atoms with E-state index in [1.54, 1.807) is 13.8 Å². The summed E-state index contributed by atoms with van der Waals surface area (Å²) in [6.07, 6.45) is 2.19. The molecule has 18 heavy (non-hydrogen) atoms. The van der Waals surface area contributed by atoms with Gasteiger partial charge in [0.05, 0.1) is 0 Å². The van der Waals surface area contributed by atoms with Crippen LogP contribution in [-0.2, 0) is 10.3 Å². The highest BCUT2D eigenvalue weighted by Gasteiger charge is 2.42. The smallest absolute Gasteiger partial charge is 0.346 e. The van der Waals surface area contributed by atoms with E-state index in [0.717, 1.165) is 25.9 Å². The first kappa shape index (κ1) is 11.3. The Bertz CT molecular complexity index is 570. The third-order valence-corrected chi connectivity index (χ3v) is 3.43. The largest absolute Gasteiger partial charge is 0.449 e. The third kappa shape index (κ3) is 1.52. The van der Waals surface area contributed by atoms with E-state index in [2.05, 4.69) is 9.97 Å². The van der Waals surface area contributed by atoms with Gasteiger partial charge in [-0.2, -0.15) is 0 Å². The number of ether oxygens (including phenoxy) is 1. The predicted octanol–water partition coefficient (Wildman–Crippen LogP) is 0.776. The summed E-state index contributed by atoms with van der Waals surface area (Å²) in [6.45, 7) is 5.27. The molecule has 1 aromatic heterocycles. The van der Waals surface area contributed by atoms with Crippen molar-refractivity contribution in [3.05, 3.63) is 21.6 Å². The summed E-state index contributed by atoms with van der Waals surface area (Å²) >= 11 is 0. The van der Waals surface area contributed by atoms with Crippen LogP contribution in [0, 0.1) is 0 Å². The zero-order chi connectivity index (χ0) is 12.9. The number of anilines is 1. The summed E-state index contributed by atoms with van der Waals surface area (Å²) in [7, 11) is 0. The van der Waals surface area contributed by atoms with Gasteiger partial charge in [-0.25, -0.2) is 9.78 Å². The highest BCUT2D eigenvalue weighted by molar-refractivity contribution is 5.93. The van der Waals surface area contributed by atoms with Crippen LogP contribution in [0.25, 0.3) is 0 Å². The highest BCUT2D eigenvalue weighted by atomic mass is 16.6. The van der Waals surface area contributed by atoms with Gasteiger partial charge in [-0.3, -0.25) is 9.78 Å². The molecule has 0 aromatic carbocycles. The summed E-state index contributed by atoms with van der Waals surface area (Å²) in [6, 6.07) is 0. The zero-order valence-electron chi connectivity index (χ0n) is 10.4. The van der Waals surface area contributed by atoms with Crippen LogP contribution in [0.15, 0.2) is 4.79 Å². The third-order valence-electron chi connectivity index (χ3n) is 3.43. The average Bonchev–Trinajstić information content (AvgIpc) is 2.86. The average molecular weight is 249 g/mol. The second-order valence-corrected chi connectivity index (χ2v) is 5.21. The molecule has 0 saturated carbocycles. The fourth-order valence-electron chi connectivity index (χ4n) is 2.50. The molecule has 1 N–H and O–H groups in total. The number of esters is 1. The lowest BCUT2D eigenvalue weighted by atomic mass is 10.0. The molecule has 3 heterocycles. The molecular weight excluding hydrogens is 234 g/mol. The molecule has 0 unspecified atom stereocenters. The number of nitrogens with zero attached hydrogens (tertiary/aromatic N) is 2. The molecule has 2 aliphatic rings. The molecule has 0 aliphatic carbocycles. The molecule has 0 radical (unpaired) electrons. The van der Waals surface area contributed by atoms with E-state index >= 15 is 0 Å². The van der Waals surface area contributed by atoms with Gasteiger partial charge in [-0.05, 0) is 26.7 Å². The normalized spacial score (nSPS) is 21.0. The van der Waals surface area contributed by atoms with Gasteiger partial charge in [0.15, 0.2) is 5.56 Å². The van der Waals surface area contributed by atoms with E-state index < -0.39 is 17.1 Å². The molecule has 6 heteroatoms. The first-order chi connectivity index (χ1) is 8.49. The molecule has 0 atom stereocenters. The van der Waals surface area contributed by atoms with Crippen LogP contribution in [0.3, 0.4) is 0 Å². The van der Waals surface area contributed by atoms with Gasteiger partial charge in [0, 0.05) is 13.1 Å². The molecule has 2 aliphatic heterocycles. The summed E-state index contributed by atoms with van der Waals surface area (Å²) in [5.74, 6) is -0.0423. The van der Waals surface area contributed by atoms with Crippen molar-refractivity contribution in [2.24, 2.45) is 0 Å². The Morgan fingerprint density at radius 2 is 1.94 bits per heavy atom. The van der Waals surface area contributed by atoms with Gasteiger partial charge in [-0.15, -0.1) is 0 Å². The maximum absolute atomic E-state index is 12.0. The highest BCUT2D eigenvalue weighted by Crippen LogP contribution is 2.33. The van der Waals surface area contributed by atoms with Crippen LogP contribution in [0.5, 0.6) is 0 Å². The minimum absolute atomic E-state index is 0.0444. The number of fused-ring (bicyclic) bond motifs is 1. The number of nitrogens with one attached hydrogen (secondary N) is 1. The molecule has 96 valence electrons. The number of carbonyl (C=O) groups excluding carboxylic acids is 1. The van der Waals surface area contributed by atoms with Crippen molar-refractivity contribution in [3.63, 3.8) is 0 Å². The lowest BCUT2D eigenvalue weighted by Crippen LogP contribution is -2.28. The molecule has 0 amide bonds. The number of H-pyrrole nitrogens is 1. The van der Waals surface area contributed by atoms with Gasteiger partial charge >= 0.3 is 5.97 Å². The van der Waals surface area contributed by atoms with Crippen LogP contribution < -0.4 is 10.5 Å². The number of cyclic esters (lactones) is 1. The molecule has 1 aromatic rings. The Morgan fingerprint density at radius 1 is 1.28 bits per heavy atom.